The van der Waals surface area contributed by atoms with E-state index >= 15 is 0 Å². The first kappa shape index (κ1) is 16.0. The van der Waals surface area contributed by atoms with Crippen molar-refractivity contribution < 1.29 is 0 Å². The average Bonchev–Trinajstić information content (AvgIpc) is 3.21. The van der Waals surface area contributed by atoms with E-state index in [2.05, 4.69) is 32.6 Å². The van der Waals surface area contributed by atoms with Crippen LogP contribution in [0.4, 0.5) is 0 Å². The molecule has 0 aliphatic heterocycles. The van der Waals surface area contributed by atoms with Crippen LogP contribution in [-0.2, 0) is 0 Å². The van der Waals surface area contributed by atoms with Crippen molar-refractivity contribution in [2.24, 2.45) is 11.7 Å². The normalized spacial score (nSPS) is 21.0. The van der Waals surface area contributed by atoms with Crippen molar-refractivity contribution in [1.29, 1.82) is 0 Å². The molecule has 0 aromatic heterocycles. The third-order valence-corrected chi connectivity index (χ3v) is 4.81. The van der Waals surface area contributed by atoms with Crippen molar-refractivity contribution >= 4 is 0 Å². The van der Waals surface area contributed by atoms with E-state index in [0.717, 1.165) is 18.5 Å². The summed E-state index contributed by atoms with van der Waals surface area (Å²) in [5.41, 5.74) is 6.49. The number of nitrogens with two attached hydrogens (primary N) is 1. The lowest BCUT2D eigenvalue weighted by molar-refractivity contribution is 0.0562. The zero-order chi connectivity index (χ0) is 13.6. The molecule has 0 aromatic carbocycles. The third kappa shape index (κ3) is 3.96. The van der Waals surface area contributed by atoms with Gasteiger partial charge in [0.25, 0.3) is 0 Å². The number of unbranched alkanes of at least 4 members (excludes halogenated alkanes) is 1. The SMILES string of the molecule is CCCCN(C1CC1)C(CC)(CN)CC(C)CC. The van der Waals surface area contributed by atoms with Gasteiger partial charge in [-0.2, -0.15) is 0 Å². The molecule has 1 rings (SSSR count). The van der Waals surface area contributed by atoms with Crippen molar-refractivity contribution in [3.05, 3.63) is 0 Å². The zero-order valence-corrected chi connectivity index (χ0v) is 13.0. The molecule has 1 fully saturated rings. The lowest BCUT2D eigenvalue weighted by Gasteiger charge is -2.45. The van der Waals surface area contributed by atoms with Gasteiger partial charge < -0.3 is 5.73 Å². The second-order valence-electron chi connectivity index (χ2n) is 6.28. The van der Waals surface area contributed by atoms with Crippen LogP contribution >= 0.6 is 0 Å². The predicted molar refractivity (Wildman–Crippen MR) is 80.8 cm³/mol. The minimum atomic E-state index is 0.270. The minimum Gasteiger partial charge on any atom is -0.329 e. The summed E-state index contributed by atoms with van der Waals surface area (Å²) < 4.78 is 0. The summed E-state index contributed by atoms with van der Waals surface area (Å²) in [7, 11) is 0. The highest BCUT2D eigenvalue weighted by atomic mass is 15.3. The Morgan fingerprint density at radius 2 is 1.94 bits per heavy atom. The quantitative estimate of drug-likeness (QED) is 0.642. The molecule has 0 aromatic rings. The van der Waals surface area contributed by atoms with Gasteiger partial charge in [-0.05, 0) is 44.6 Å². The second kappa shape index (κ2) is 7.49. The molecule has 2 nitrogen and oxygen atoms in total. The Labute approximate surface area is 114 Å². The molecular formula is C16H34N2. The number of hydrogen-bond acceptors (Lipinski definition) is 2. The Bertz CT molecular complexity index is 219. The maximum atomic E-state index is 6.22. The van der Waals surface area contributed by atoms with E-state index in [1.807, 2.05) is 0 Å². The summed E-state index contributed by atoms with van der Waals surface area (Å²) in [5, 5.41) is 0. The standard InChI is InChI=1S/C16H34N2/c1-5-8-11-18(15-9-10-15)16(7-3,13-17)12-14(4)6-2/h14-15H,5-13,17H2,1-4H3. The van der Waals surface area contributed by atoms with Crippen LogP contribution in [-0.4, -0.2) is 29.6 Å². The third-order valence-electron chi connectivity index (χ3n) is 4.81. The molecule has 0 amide bonds. The molecule has 0 heterocycles. The monoisotopic (exact) mass is 254 g/mol. The fourth-order valence-corrected chi connectivity index (χ4v) is 3.12. The topological polar surface area (TPSA) is 29.3 Å². The van der Waals surface area contributed by atoms with Crippen LogP contribution in [0.3, 0.4) is 0 Å². The molecule has 1 saturated carbocycles. The number of hydrogen-bond donors (Lipinski definition) is 1. The van der Waals surface area contributed by atoms with Gasteiger partial charge in [0.15, 0.2) is 0 Å². The molecule has 0 bridgehead atoms. The number of rotatable bonds is 10. The van der Waals surface area contributed by atoms with Crippen molar-refractivity contribution in [3.8, 4) is 0 Å². The fraction of sp³-hybridized carbons (Fsp3) is 1.00. The van der Waals surface area contributed by atoms with Crippen LogP contribution < -0.4 is 5.73 Å². The first-order chi connectivity index (χ1) is 8.63. The smallest absolute Gasteiger partial charge is 0.0334 e. The lowest BCUT2D eigenvalue weighted by Crippen LogP contribution is -2.55. The van der Waals surface area contributed by atoms with Crippen molar-refractivity contribution in [3.63, 3.8) is 0 Å². The van der Waals surface area contributed by atoms with Gasteiger partial charge in [0.2, 0.25) is 0 Å². The van der Waals surface area contributed by atoms with Gasteiger partial charge in [0.1, 0.15) is 0 Å². The van der Waals surface area contributed by atoms with E-state index < -0.39 is 0 Å². The highest BCUT2D eigenvalue weighted by molar-refractivity contribution is 4.99. The van der Waals surface area contributed by atoms with E-state index in [9.17, 15) is 0 Å². The Kier molecular flexibility index (Phi) is 6.65. The highest BCUT2D eigenvalue weighted by Gasteiger charge is 2.42. The predicted octanol–water partition coefficient (Wildman–Crippen LogP) is 3.79. The molecule has 1 aliphatic rings. The van der Waals surface area contributed by atoms with Gasteiger partial charge in [-0.15, -0.1) is 0 Å². The lowest BCUT2D eigenvalue weighted by atomic mass is 9.82. The molecular weight excluding hydrogens is 220 g/mol. The van der Waals surface area contributed by atoms with E-state index in [-0.39, 0.29) is 5.54 Å². The van der Waals surface area contributed by atoms with Gasteiger partial charge in [0.05, 0.1) is 0 Å². The molecule has 0 spiro atoms. The summed E-state index contributed by atoms with van der Waals surface area (Å²) in [6.07, 6.45) is 9.15. The summed E-state index contributed by atoms with van der Waals surface area (Å²) in [6, 6.07) is 0.837. The number of nitrogens with zero attached hydrogens (tertiary/aromatic N) is 1. The summed E-state index contributed by atoms with van der Waals surface area (Å²) in [5.74, 6) is 0.788. The molecule has 2 unspecified atom stereocenters. The van der Waals surface area contributed by atoms with Crippen LogP contribution in [0.1, 0.15) is 72.6 Å². The largest absolute Gasteiger partial charge is 0.329 e. The first-order valence-corrected chi connectivity index (χ1v) is 8.10. The minimum absolute atomic E-state index is 0.270. The second-order valence-corrected chi connectivity index (χ2v) is 6.28. The van der Waals surface area contributed by atoms with Crippen LogP contribution in [0.25, 0.3) is 0 Å². The maximum absolute atomic E-state index is 6.22. The van der Waals surface area contributed by atoms with Gasteiger partial charge in [-0.1, -0.05) is 40.5 Å². The van der Waals surface area contributed by atoms with Crippen molar-refractivity contribution in [2.45, 2.75) is 84.2 Å². The summed E-state index contributed by atoms with van der Waals surface area (Å²) in [6.45, 7) is 11.4. The van der Waals surface area contributed by atoms with Gasteiger partial charge >= 0.3 is 0 Å². The van der Waals surface area contributed by atoms with Gasteiger partial charge in [0, 0.05) is 18.1 Å². The van der Waals surface area contributed by atoms with Crippen molar-refractivity contribution in [1.82, 2.24) is 4.90 Å². The first-order valence-electron chi connectivity index (χ1n) is 8.10. The van der Waals surface area contributed by atoms with Gasteiger partial charge in [-0.3, -0.25) is 4.90 Å². The highest BCUT2D eigenvalue weighted by Crippen LogP contribution is 2.38. The van der Waals surface area contributed by atoms with Crippen LogP contribution in [0.5, 0.6) is 0 Å². The van der Waals surface area contributed by atoms with E-state index in [1.54, 1.807) is 0 Å². The molecule has 0 radical (unpaired) electrons. The Hall–Kier alpha value is -0.0800. The fourth-order valence-electron chi connectivity index (χ4n) is 3.12. The molecule has 2 N–H and O–H groups in total. The summed E-state index contributed by atoms with van der Waals surface area (Å²) in [4.78, 5) is 2.78. The summed E-state index contributed by atoms with van der Waals surface area (Å²) >= 11 is 0. The Morgan fingerprint density at radius 1 is 1.28 bits per heavy atom. The van der Waals surface area contributed by atoms with E-state index in [0.29, 0.717) is 0 Å². The van der Waals surface area contributed by atoms with Crippen molar-refractivity contribution in [2.75, 3.05) is 13.1 Å². The molecule has 108 valence electrons. The van der Waals surface area contributed by atoms with Crippen LogP contribution in [0.15, 0.2) is 0 Å². The molecule has 18 heavy (non-hydrogen) atoms. The van der Waals surface area contributed by atoms with Gasteiger partial charge in [-0.25, -0.2) is 0 Å². The van der Waals surface area contributed by atoms with Crippen LogP contribution in [0.2, 0.25) is 0 Å². The maximum Gasteiger partial charge on any atom is 0.0334 e. The zero-order valence-electron chi connectivity index (χ0n) is 13.0. The molecule has 1 aliphatic carbocycles. The molecule has 2 atom stereocenters. The average molecular weight is 254 g/mol. The van der Waals surface area contributed by atoms with Crippen LogP contribution in [0, 0.1) is 5.92 Å². The van der Waals surface area contributed by atoms with E-state index in [4.69, 9.17) is 5.73 Å². The van der Waals surface area contributed by atoms with E-state index in [1.165, 1.54) is 51.5 Å². The molecule has 0 saturated heterocycles. The Balaban J connectivity index is 2.76. The molecule has 2 heteroatoms. The Morgan fingerprint density at radius 3 is 2.33 bits per heavy atom.